The summed E-state index contributed by atoms with van der Waals surface area (Å²) in [5.74, 6) is 0. The third-order valence-corrected chi connectivity index (χ3v) is 2.54. The molecule has 0 atom stereocenters. The number of aromatic nitrogens is 3. The molecule has 0 spiro atoms. The molecule has 2 rings (SSSR count). The molecule has 0 unspecified atom stereocenters. The van der Waals surface area contributed by atoms with Crippen LogP contribution in [-0.2, 0) is 11.2 Å². The third kappa shape index (κ3) is 3.61. The van der Waals surface area contributed by atoms with E-state index in [-0.39, 0.29) is 12.3 Å². The van der Waals surface area contributed by atoms with E-state index >= 15 is 0 Å². The molecule has 0 N–H and O–H groups in total. The van der Waals surface area contributed by atoms with Gasteiger partial charge in [-0.05, 0) is 18.9 Å². The molecule has 20 heavy (non-hydrogen) atoms. The molecule has 0 saturated heterocycles. The number of carbonyl (C=O) groups is 1. The Hall–Kier alpha value is -2.77. The molecule has 104 valence electrons. The number of carbonyl (C=O) groups excluding carboxylic acids is 1. The predicted octanol–water partition coefficient (Wildman–Crippen LogP) is 1.80. The summed E-state index contributed by atoms with van der Waals surface area (Å²) in [5.41, 5.74) is 0.676. The van der Waals surface area contributed by atoms with Crippen molar-refractivity contribution < 1.29 is 14.5 Å². The van der Waals surface area contributed by atoms with Crippen molar-refractivity contribution in [3.05, 3.63) is 52.9 Å². The van der Waals surface area contributed by atoms with E-state index < -0.39 is 11.0 Å². The molecule has 0 aromatic carbocycles. The minimum atomic E-state index is -0.496. The molecule has 0 aliphatic carbocycles. The highest BCUT2D eigenvalue weighted by Crippen LogP contribution is 2.09. The van der Waals surface area contributed by atoms with E-state index in [0.29, 0.717) is 18.5 Å². The maximum Gasteiger partial charge on any atom is 0.419 e. The van der Waals surface area contributed by atoms with Crippen molar-refractivity contribution >= 4 is 11.8 Å². The highest BCUT2D eigenvalue weighted by molar-refractivity contribution is 5.69. The fraction of sp³-hybridized carbons (Fsp3) is 0.250. The SMILES string of the molecule is O=C(OCCCc1ccc([N+](=O)[O-])cn1)n1ccnc1. The molecule has 0 radical (unpaired) electrons. The van der Waals surface area contributed by atoms with Crippen LogP contribution in [0, 0.1) is 10.1 Å². The number of nitro groups is 1. The molecule has 0 amide bonds. The largest absolute Gasteiger partial charge is 0.449 e. The van der Waals surface area contributed by atoms with E-state index in [2.05, 4.69) is 9.97 Å². The maximum absolute atomic E-state index is 11.4. The van der Waals surface area contributed by atoms with Crippen LogP contribution >= 0.6 is 0 Å². The highest BCUT2D eigenvalue weighted by Gasteiger charge is 2.06. The van der Waals surface area contributed by atoms with Crippen LogP contribution in [0.4, 0.5) is 10.5 Å². The second-order valence-corrected chi connectivity index (χ2v) is 3.95. The van der Waals surface area contributed by atoms with Crippen molar-refractivity contribution in [2.24, 2.45) is 0 Å². The molecule has 0 bridgehead atoms. The number of rotatable bonds is 5. The minimum absolute atomic E-state index is 0.0414. The van der Waals surface area contributed by atoms with Gasteiger partial charge < -0.3 is 4.74 Å². The van der Waals surface area contributed by atoms with Crippen molar-refractivity contribution in [2.75, 3.05) is 6.61 Å². The zero-order valence-corrected chi connectivity index (χ0v) is 10.5. The van der Waals surface area contributed by atoms with Gasteiger partial charge in [0.2, 0.25) is 0 Å². The van der Waals surface area contributed by atoms with Gasteiger partial charge in [-0.15, -0.1) is 0 Å². The lowest BCUT2D eigenvalue weighted by Crippen LogP contribution is -2.12. The Labute approximate surface area is 114 Å². The van der Waals surface area contributed by atoms with Crippen molar-refractivity contribution in [1.29, 1.82) is 0 Å². The highest BCUT2D eigenvalue weighted by atomic mass is 16.6. The van der Waals surface area contributed by atoms with E-state index in [9.17, 15) is 14.9 Å². The Balaban J connectivity index is 1.73. The standard InChI is InChI=1S/C12H12N4O4/c17-12(15-6-5-13-9-15)20-7-1-2-10-3-4-11(8-14-10)16(18)19/h3-6,8-9H,1-2,7H2. The summed E-state index contributed by atoms with van der Waals surface area (Å²) in [6.07, 6.45) is 6.25. The van der Waals surface area contributed by atoms with E-state index in [4.69, 9.17) is 4.74 Å². The summed E-state index contributed by atoms with van der Waals surface area (Å²) in [5, 5.41) is 10.5. The van der Waals surface area contributed by atoms with Gasteiger partial charge in [-0.2, -0.15) is 0 Å². The molecule has 0 aliphatic heterocycles. The normalized spacial score (nSPS) is 10.2. The quantitative estimate of drug-likeness (QED) is 0.469. The van der Waals surface area contributed by atoms with E-state index in [1.165, 1.54) is 35.6 Å². The van der Waals surface area contributed by atoms with Crippen LogP contribution < -0.4 is 0 Å². The van der Waals surface area contributed by atoms with Gasteiger partial charge >= 0.3 is 6.09 Å². The van der Waals surface area contributed by atoms with E-state index in [1.807, 2.05) is 0 Å². The number of imidazole rings is 1. The van der Waals surface area contributed by atoms with Crippen LogP contribution in [0.25, 0.3) is 0 Å². The van der Waals surface area contributed by atoms with Gasteiger partial charge in [-0.25, -0.2) is 14.3 Å². The number of pyridine rings is 1. The molecular weight excluding hydrogens is 264 g/mol. The average molecular weight is 276 g/mol. The molecule has 0 saturated carbocycles. The third-order valence-electron chi connectivity index (χ3n) is 2.54. The molecule has 0 fully saturated rings. The Morgan fingerprint density at radius 1 is 1.45 bits per heavy atom. The van der Waals surface area contributed by atoms with Gasteiger partial charge in [0.05, 0.1) is 11.5 Å². The second kappa shape index (κ2) is 6.41. The van der Waals surface area contributed by atoms with Crippen molar-refractivity contribution in [2.45, 2.75) is 12.8 Å². The summed E-state index contributed by atoms with van der Waals surface area (Å²) >= 11 is 0. The Morgan fingerprint density at radius 2 is 2.30 bits per heavy atom. The number of ether oxygens (including phenoxy) is 1. The maximum atomic E-state index is 11.4. The first-order valence-electron chi connectivity index (χ1n) is 5.91. The van der Waals surface area contributed by atoms with Gasteiger partial charge in [0.25, 0.3) is 5.69 Å². The fourth-order valence-corrected chi connectivity index (χ4v) is 1.53. The lowest BCUT2D eigenvalue weighted by atomic mass is 10.2. The first-order chi connectivity index (χ1) is 9.66. The van der Waals surface area contributed by atoms with Crippen LogP contribution in [0.3, 0.4) is 0 Å². The molecule has 2 heterocycles. The van der Waals surface area contributed by atoms with Crippen LogP contribution in [0.1, 0.15) is 12.1 Å². The first-order valence-corrected chi connectivity index (χ1v) is 5.91. The summed E-state index contributed by atoms with van der Waals surface area (Å²) in [7, 11) is 0. The van der Waals surface area contributed by atoms with Gasteiger partial charge in [0.15, 0.2) is 0 Å². The summed E-state index contributed by atoms with van der Waals surface area (Å²) in [6.45, 7) is 0.246. The lowest BCUT2D eigenvalue weighted by molar-refractivity contribution is -0.385. The summed E-state index contributed by atoms with van der Waals surface area (Å²) < 4.78 is 6.26. The smallest absolute Gasteiger partial charge is 0.419 e. The zero-order valence-electron chi connectivity index (χ0n) is 10.5. The van der Waals surface area contributed by atoms with Gasteiger partial charge in [-0.1, -0.05) is 0 Å². The molecular formula is C12H12N4O4. The summed E-state index contributed by atoms with van der Waals surface area (Å²) in [4.78, 5) is 29.1. The average Bonchev–Trinajstić information content (AvgIpc) is 2.98. The van der Waals surface area contributed by atoms with Crippen LogP contribution in [0.5, 0.6) is 0 Å². The monoisotopic (exact) mass is 276 g/mol. The van der Waals surface area contributed by atoms with E-state index in [1.54, 1.807) is 6.07 Å². The Morgan fingerprint density at radius 3 is 2.90 bits per heavy atom. The molecule has 2 aromatic heterocycles. The van der Waals surface area contributed by atoms with Crippen molar-refractivity contribution in [3.63, 3.8) is 0 Å². The van der Waals surface area contributed by atoms with Crippen LogP contribution in [0.2, 0.25) is 0 Å². The first kappa shape index (κ1) is 13.7. The molecule has 8 nitrogen and oxygen atoms in total. The van der Waals surface area contributed by atoms with E-state index in [0.717, 1.165) is 0 Å². The van der Waals surface area contributed by atoms with Gasteiger partial charge in [0.1, 0.15) is 12.5 Å². The number of nitrogens with zero attached hydrogens (tertiary/aromatic N) is 4. The van der Waals surface area contributed by atoms with Crippen molar-refractivity contribution in [1.82, 2.24) is 14.5 Å². The zero-order chi connectivity index (χ0) is 14.4. The Bertz CT molecular complexity index is 580. The van der Waals surface area contributed by atoms with Crippen LogP contribution in [-0.4, -0.2) is 32.2 Å². The Kier molecular flexibility index (Phi) is 4.38. The summed E-state index contributed by atoms with van der Waals surface area (Å²) in [6, 6.07) is 3.00. The topological polar surface area (TPSA) is 100 Å². The number of hydrogen-bond donors (Lipinski definition) is 0. The lowest BCUT2D eigenvalue weighted by Gasteiger charge is -2.04. The fourth-order valence-electron chi connectivity index (χ4n) is 1.53. The van der Waals surface area contributed by atoms with Crippen LogP contribution in [0.15, 0.2) is 37.1 Å². The van der Waals surface area contributed by atoms with Gasteiger partial charge in [0, 0.05) is 24.2 Å². The molecule has 0 aliphatic rings. The second-order valence-electron chi connectivity index (χ2n) is 3.95. The number of aryl methyl sites for hydroxylation is 1. The minimum Gasteiger partial charge on any atom is -0.449 e. The molecule has 2 aromatic rings. The predicted molar refractivity (Wildman–Crippen MR) is 68.2 cm³/mol. The van der Waals surface area contributed by atoms with Gasteiger partial charge in [-0.3, -0.25) is 15.1 Å². The van der Waals surface area contributed by atoms with Crippen molar-refractivity contribution in [3.8, 4) is 0 Å². The number of hydrogen-bond acceptors (Lipinski definition) is 6. The molecule has 8 heteroatoms.